The molecule has 0 saturated heterocycles. The summed E-state index contributed by atoms with van der Waals surface area (Å²) in [6.07, 6.45) is 0. The fourth-order valence-electron chi connectivity index (χ4n) is 2.69. The maximum atomic E-state index is 12.2. The Morgan fingerprint density at radius 3 is 2.25 bits per heavy atom. The van der Waals surface area contributed by atoms with Crippen molar-refractivity contribution in [1.29, 1.82) is 0 Å². The number of urea groups is 1. The minimum atomic E-state index is -0.903. The maximum absolute atomic E-state index is 12.2. The molecule has 2 amide bonds. The van der Waals surface area contributed by atoms with E-state index in [1.165, 1.54) is 4.90 Å². The highest BCUT2D eigenvalue weighted by Gasteiger charge is 2.21. The van der Waals surface area contributed by atoms with Gasteiger partial charge in [0, 0.05) is 20.1 Å². The first-order chi connectivity index (χ1) is 11.4. The molecular formula is C18H29N3O3. The fraction of sp³-hybridized carbons (Fsp3) is 0.556. The molecule has 1 aromatic carbocycles. The van der Waals surface area contributed by atoms with E-state index in [1.807, 2.05) is 18.2 Å². The lowest BCUT2D eigenvalue weighted by molar-refractivity contribution is -0.141. The Morgan fingerprint density at radius 2 is 1.75 bits per heavy atom. The van der Waals surface area contributed by atoms with Crippen LogP contribution >= 0.6 is 0 Å². The molecule has 0 radical (unpaired) electrons. The number of rotatable bonds is 9. The molecule has 0 fully saturated rings. The van der Waals surface area contributed by atoms with Crippen molar-refractivity contribution in [2.24, 2.45) is 5.92 Å². The van der Waals surface area contributed by atoms with Crippen LogP contribution in [0.1, 0.15) is 32.4 Å². The van der Waals surface area contributed by atoms with E-state index in [-0.39, 0.29) is 18.6 Å². The Bertz CT molecular complexity index is 518. The summed E-state index contributed by atoms with van der Waals surface area (Å²) in [6, 6.07) is 9.92. The molecule has 2 N–H and O–H groups in total. The minimum Gasteiger partial charge on any atom is -0.481 e. The number of aliphatic carboxylic acids is 1. The highest BCUT2D eigenvalue weighted by atomic mass is 16.4. The Labute approximate surface area is 144 Å². The second-order valence-corrected chi connectivity index (χ2v) is 5.95. The zero-order valence-corrected chi connectivity index (χ0v) is 15.0. The Hall–Kier alpha value is -2.08. The van der Waals surface area contributed by atoms with E-state index in [0.29, 0.717) is 6.54 Å². The van der Waals surface area contributed by atoms with Crippen molar-refractivity contribution in [3.63, 3.8) is 0 Å². The molecule has 0 bridgehead atoms. The molecule has 2 unspecified atom stereocenters. The zero-order chi connectivity index (χ0) is 18.1. The summed E-state index contributed by atoms with van der Waals surface area (Å²) >= 11 is 0. The fourth-order valence-corrected chi connectivity index (χ4v) is 2.69. The lowest BCUT2D eigenvalue weighted by Crippen LogP contribution is -2.44. The molecule has 0 aromatic heterocycles. The summed E-state index contributed by atoms with van der Waals surface area (Å²) < 4.78 is 0. The van der Waals surface area contributed by atoms with E-state index in [9.17, 15) is 9.59 Å². The number of amides is 2. The number of hydrogen-bond acceptors (Lipinski definition) is 3. The third-order valence-corrected chi connectivity index (χ3v) is 4.20. The molecule has 6 nitrogen and oxygen atoms in total. The normalized spacial score (nSPS) is 13.4. The van der Waals surface area contributed by atoms with Gasteiger partial charge in [-0.25, -0.2) is 4.79 Å². The summed E-state index contributed by atoms with van der Waals surface area (Å²) in [6.45, 7) is 8.23. The highest BCUT2D eigenvalue weighted by molar-refractivity contribution is 5.75. The number of hydrogen-bond donors (Lipinski definition) is 2. The van der Waals surface area contributed by atoms with Crippen molar-refractivity contribution in [3.05, 3.63) is 35.9 Å². The molecule has 24 heavy (non-hydrogen) atoms. The first kappa shape index (κ1) is 20.0. The summed E-state index contributed by atoms with van der Waals surface area (Å²) in [4.78, 5) is 26.9. The quantitative estimate of drug-likeness (QED) is 0.727. The lowest BCUT2D eigenvalue weighted by Gasteiger charge is -2.31. The molecule has 6 heteroatoms. The Kier molecular flexibility index (Phi) is 8.26. The van der Waals surface area contributed by atoms with Gasteiger partial charge in [0.25, 0.3) is 0 Å². The molecule has 134 valence electrons. The van der Waals surface area contributed by atoms with E-state index in [4.69, 9.17) is 5.11 Å². The van der Waals surface area contributed by atoms with Crippen LogP contribution in [0.3, 0.4) is 0 Å². The van der Waals surface area contributed by atoms with Gasteiger partial charge in [0.2, 0.25) is 0 Å². The van der Waals surface area contributed by atoms with Crippen LogP contribution in [0.4, 0.5) is 4.79 Å². The molecule has 0 aliphatic heterocycles. The van der Waals surface area contributed by atoms with E-state index in [1.54, 1.807) is 14.0 Å². The van der Waals surface area contributed by atoms with Gasteiger partial charge in [0.05, 0.1) is 12.0 Å². The zero-order valence-electron chi connectivity index (χ0n) is 15.0. The van der Waals surface area contributed by atoms with Gasteiger partial charge in [0.15, 0.2) is 0 Å². The Balaban J connectivity index is 2.71. The second kappa shape index (κ2) is 9.93. The summed E-state index contributed by atoms with van der Waals surface area (Å²) in [7, 11) is 1.61. The van der Waals surface area contributed by atoms with Crippen LogP contribution < -0.4 is 5.32 Å². The van der Waals surface area contributed by atoms with E-state index in [0.717, 1.165) is 18.7 Å². The van der Waals surface area contributed by atoms with Crippen LogP contribution in [-0.4, -0.2) is 60.1 Å². The van der Waals surface area contributed by atoms with Gasteiger partial charge in [-0.3, -0.25) is 9.69 Å². The lowest BCUT2D eigenvalue weighted by atomic mass is 10.1. The van der Waals surface area contributed by atoms with Crippen LogP contribution in [0.2, 0.25) is 0 Å². The molecule has 0 heterocycles. The van der Waals surface area contributed by atoms with Gasteiger partial charge in [-0.05, 0) is 18.7 Å². The number of likely N-dealkylation sites (N-methyl/N-ethyl adjacent to an activating group) is 1. The number of carboxylic acids is 1. The topological polar surface area (TPSA) is 72.9 Å². The molecular weight excluding hydrogens is 306 g/mol. The number of benzene rings is 1. The van der Waals surface area contributed by atoms with Gasteiger partial charge in [-0.2, -0.15) is 0 Å². The number of carbonyl (C=O) groups is 2. The standard InChI is InChI=1S/C18H29N3O3/c1-5-21(6-2)16(15-10-8-7-9-11-15)12-19-18(24)20(4)13-14(3)17(22)23/h7-11,14,16H,5-6,12-13H2,1-4H3,(H,19,24)(H,22,23). The minimum absolute atomic E-state index is 0.0930. The second-order valence-electron chi connectivity index (χ2n) is 5.95. The van der Waals surface area contributed by atoms with Gasteiger partial charge < -0.3 is 15.3 Å². The van der Waals surface area contributed by atoms with Crippen molar-refractivity contribution in [1.82, 2.24) is 15.1 Å². The van der Waals surface area contributed by atoms with Crippen molar-refractivity contribution in [2.75, 3.05) is 33.2 Å². The monoisotopic (exact) mass is 335 g/mol. The average Bonchev–Trinajstić information content (AvgIpc) is 2.58. The molecule has 0 saturated carbocycles. The molecule has 0 aliphatic rings. The van der Waals surface area contributed by atoms with Crippen molar-refractivity contribution < 1.29 is 14.7 Å². The van der Waals surface area contributed by atoms with Crippen LogP contribution in [0.5, 0.6) is 0 Å². The summed E-state index contributed by atoms with van der Waals surface area (Å²) in [5.74, 6) is -1.49. The highest BCUT2D eigenvalue weighted by Crippen LogP contribution is 2.19. The van der Waals surface area contributed by atoms with Crippen molar-refractivity contribution >= 4 is 12.0 Å². The summed E-state index contributed by atoms with van der Waals surface area (Å²) in [5.41, 5.74) is 1.16. The predicted molar refractivity (Wildman–Crippen MR) is 94.9 cm³/mol. The number of carboxylic acid groups (broad SMARTS) is 1. The molecule has 2 atom stereocenters. The molecule has 0 aliphatic carbocycles. The third kappa shape index (κ3) is 5.85. The van der Waals surface area contributed by atoms with Crippen LogP contribution in [0, 0.1) is 5.92 Å². The Morgan fingerprint density at radius 1 is 1.17 bits per heavy atom. The van der Waals surface area contributed by atoms with Crippen LogP contribution in [0.25, 0.3) is 0 Å². The third-order valence-electron chi connectivity index (χ3n) is 4.20. The van der Waals surface area contributed by atoms with Crippen LogP contribution in [-0.2, 0) is 4.79 Å². The SMILES string of the molecule is CCN(CC)C(CNC(=O)N(C)CC(C)C(=O)O)c1ccccc1. The molecule has 1 aromatic rings. The molecule has 0 spiro atoms. The van der Waals surface area contributed by atoms with Gasteiger partial charge in [0.1, 0.15) is 0 Å². The first-order valence-corrected chi connectivity index (χ1v) is 8.41. The van der Waals surface area contributed by atoms with Gasteiger partial charge in [-0.1, -0.05) is 51.1 Å². The number of carbonyl (C=O) groups excluding carboxylic acids is 1. The van der Waals surface area contributed by atoms with Crippen molar-refractivity contribution in [3.8, 4) is 0 Å². The number of nitrogens with zero attached hydrogens (tertiary/aromatic N) is 2. The van der Waals surface area contributed by atoms with Crippen LogP contribution in [0.15, 0.2) is 30.3 Å². The summed E-state index contributed by atoms with van der Waals surface area (Å²) in [5, 5.41) is 11.9. The van der Waals surface area contributed by atoms with E-state index < -0.39 is 11.9 Å². The van der Waals surface area contributed by atoms with E-state index in [2.05, 4.69) is 36.2 Å². The average molecular weight is 335 g/mol. The van der Waals surface area contributed by atoms with Gasteiger partial charge in [-0.15, -0.1) is 0 Å². The number of nitrogens with one attached hydrogen (secondary N) is 1. The predicted octanol–water partition coefficient (Wildman–Crippen LogP) is 2.43. The smallest absolute Gasteiger partial charge is 0.317 e. The van der Waals surface area contributed by atoms with E-state index >= 15 is 0 Å². The maximum Gasteiger partial charge on any atom is 0.317 e. The largest absolute Gasteiger partial charge is 0.481 e. The first-order valence-electron chi connectivity index (χ1n) is 8.41. The molecule has 1 rings (SSSR count). The van der Waals surface area contributed by atoms with Gasteiger partial charge >= 0.3 is 12.0 Å². The van der Waals surface area contributed by atoms with Crippen molar-refractivity contribution in [2.45, 2.75) is 26.8 Å².